The summed E-state index contributed by atoms with van der Waals surface area (Å²) >= 11 is 0. The first-order valence-corrected chi connectivity index (χ1v) is 9.87. The van der Waals surface area contributed by atoms with Gasteiger partial charge in [-0.3, -0.25) is 9.69 Å². The zero-order valence-electron chi connectivity index (χ0n) is 17.2. The summed E-state index contributed by atoms with van der Waals surface area (Å²) in [6, 6.07) is 10.2. The van der Waals surface area contributed by atoms with Gasteiger partial charge in [0.15, 0.2) is 5.69 Å². The first-order chi connectivity index (χ1) is 13.8. The molecule has 29 heavy (non-hydrogen) atoms. The minimum Gasteiger partial charge on any atom is -0.372 e. The lowest BCUT2D eigenvalue weighted by Gasteiger charge is -2.27. The maximum Gasteiger partial charge on any atom is 0.249 e. The summed E-state index contributed by atoms with van der Waals surface area (Å²) in [4.78, 5) is 18.4. The van der Waals surface area contributed by atoms with Gasteiger partial charge in [0, 0.05) is 23.5 Å². The summed E-state index contributed by atoms with van der Waals surface area (Å²) in [5.41, 5.74) is 2.28. The number of carbonyl (C=O) groups excluding carboxylic acids is 1. The molecule has 0 unspecified atom stereocenters. The van der Waals surface area contributed by atoms with Crippen LogP contribution in [-0.4, -0.2) is 29.4 Å². The average Bonchev–Trinajstić information content (AvgIpc) is 3.17. The molecule has 1 aliphatic rings. The topological polar surface area (TPSA) is 48.7 Å². The van der Waals surface area contributed by atoms with Crippen LogP contribution in [0.1, 0.15) is 37.8 Å². The number of likely N-dealkylation sites (tertiary alicyclic amines) is 1. The predicted molar refractivity (Wildman–Crippen MR) is 115 cm³/mol. The third-order valence-corrected chi connectivity index (χ3v) is 5.25. The van der Waals surface area contributed by atoms with Crippen LogP contribution in [0.4, 0.5) is 21.5 Å². The van der Waals surface area contributed by atoms with Crippen LogP contribution in [0.2, 0.25) is 0 Å². The fourth-order valence-corrected chi connectivity index (χ4v) is 3.50. The van der Waals surface area contributed by atoms with Crippen LogP contribution in [0.25, 0.3) is 4.85 Å². The lowest BCUT2D eigenvalue weighted by atomic mass is 10.0. The standard InChI is InChI=1S/C23H27FN4O/c1-16-13-18(9-10-21(16)25-4)26-22(29)23(2,3)27-19-8-7-17(20(24)14-19)15-28-11-5-6-12-28/h7-10,13-14,27H,5-6,11-12,15H2,1-3H3,(H,26,29). The molecule has 0 bridgehead atoms. The monoisotopic (exact) mass is 394 g/mol. The Bertz CT molecular complexity index is 942. The van der Waals surface area contributed by atoms with Gasteiger partial charge < -0.3 is 10.6 Å². The molecule has 3 rings (SSSR count). The Morgan fingerprint density at radius 1 is 1.17 bits per heavy atom. The van der Waals surface area contributed by atoms with E-state index in [1.807, 2.05) is 13.0 Å². The SMILES string of the molecule is [C-]#[N+]c1ccc(NC(=O)C(C)(C)Nc2ccc(CN3CCCC3)c(F)c2)cc1C. The normalized spacial score (nSPS) is 14.4. The number of nitrogens with zero attached hydrogens (tertiary/aromatic N) is 2. The molecule has 1 aliphatic heterocycles. The van der Waals surface area contributed by atoms with Gasteiger partial charge >= 0.3 is 0 Å². The highest BCUT2D eigenvalue weighted by Gasteiger charge is 2.28. The Balaban J connectivity index is 1.66. The molecule has 0 saturated carbocycles. The zero-order chi connectivity index (χ0) is 21.0. The molecule has 1 saturated heterocycles. The number of rotatable bonds is 6. The second-order valence-corrected chi connectivity index (χ2v) is 8.11. The molecular formula is C23H27FN4O. The minimum absolute atomic E-state index is 0.242. The van der Waals surface area contributed by atoms with E-state index in [0.29, 0.717) is 29.2 Å². The van der Waals surface area contributed by atoms with Gasteiger partial charge in [0.25, 0.3) is 0 Å². The first kappa shape index (κ1) is 20.8. The molecule has 0 spiro atoms. The number of halogens is 1. The second-order valence-electron chi connectivity index (χ2n) is 8.11. The van der Waals surface area contributed by atoms with Crippen molar-refractivity contribution in [2.75, 3.05) is 23.7 Å². The largest absolute Gasteiger partial charge is 0.372 e. The average molecular weight is 394 g/mol. The molecule has 1 amide bonds. The van der Waals surface area contributed by atoms with Crippen LogP contribution in [0, 0.1) is 19.3 Å². The van der Waals surface area contributed by atoms with Crippen molar-refractivity contribution in [1.29, 1.82) is 0 Å². The van der Waals surface area contributed by atoms with Gasteiger partial charge in [-0.25, -0.2) is 9.24 Å². The molecule has 6 heteroatoms. The Labute approximate surface area is 171 Å². The maximum absolute atomic E-state index is 14.6. The summed E-state index contributed by atoms with van der Waals surface area (Å²) in [5, 5.41) is 5.99. The van der Waals surface area contributed by atoms with Crippen molar-refractivity contribution in [3.05, 3.63) is 64.8 Å². The molecule has 1 fully saturated rings. The van der Waals surface area contributed by atoms with E-state index in [1.165, 1.54) is 18.9 Å². The lowest BCUT2D eigenvalue weighted by Crippen LogP contribution is -2.44. The highest BCUT2D eigenvalue weighted by molar-refractivity contribution is 5.99. The van der Waals surface area contributed by atoms with E-state index in [4.69, 9.17) is 6.57 Å². The van der Waals surface area contributed by atoms with Crippen molar-refractivity contribution in [2.24, 2.45) is 0 Å². The number of carbonyl (C=O) groups is 1. The number of hydrogen-bond donors (Lipinski definition) is 2. The summed E-state index contributed by atoms with van der Waals surface area (Å²) in [5.74, 6) is -0.502. The second kappa shape index (κ2) is 8.62. The highest BCUT2D eigenvalue weighted by Crippen LogP contribution is 2.25. The van der Waals surface area contributed by atoms with Crippen molar-refractivity contribution in [3.8, 4) is 0 Å². The van der Waals surface area contributed by atoms with Crippen LogP contribution in [0.3, 0.4) is 0 Å². The van der Waals surface area contributed by atoms with Crippen LogP contribution < -0.4 is 10.6 Å². The smallest absolute Gasteiger partial charge is 0.249 e. The molecule has 0 aliphatic carbocycles. The summed E-state index contributed by atoms with van der Waals surface area (Å²) in [7, 11) is 0. The number of benzene rings is 2. The first-order valence-electron chi connectivity index (χ1n) is 9.87. The molecule has 2 aromatic rings. The third-order valence-electron chi connectivity index (χ3n) is 5.25. The van der Waals surface area contributed by atoms with Crippen LogP contribution in [0.5, 0.6) is 0 Å². The van der Waals surface area contributed by atoms with E-state index < -0.39 is 5.54 Å². The molecule has 0 aromatic heterocycles. The molecular weight excluding hydrogens is 367 g/mol. The molecule has 1 heterocycles. The van der Waals surface area contributed by atoms with Crippen molar-refractivity contribution < 1.29 is 9.18 Å². The van der Waals surface area contributed by atoms with Gasteiger partial charge in [-0.2, -0.15) is 0 Å². The van der Waals surface area contributed by atoms with E-state index >= 15 is 0 Å². The molecule has 0 radical (unpaired) electrons. The maximum atomic E-state index is 14.6. The number of amides is 1. The van der Waals surface area contributed by atoms with Gasteiger partial charge in [0.2, 0.25) is 5.91 Å². The van der Waals surface area contributed by atoms with Gasteiger partial charge in [0.05, 0.1) is 6.57 Å². The Kier molecular flexibility index (Phi) is 6.19. The predicted octanol–water partition coefficient (Wildman–Crippen LogP) is 5.11. The van der Waals surface area contributed by atoms with Gasteiger partial charge in [0.1, 0.15) is 11.4 Å². The third kappa shape index (κ3) is 5.12. The molecule has 152 valence electrons. The summed E-state index contributed by atoms with van der Waals surface area (Å²) in [6.07, 6.45) is 2.34. The number of hydrogen-bond acceptors (Lipinski definition) is 3. The summed E-state index contributed by atoms with van der Waals surface area (Å²) in [6.45, 7) is 15.1. The Morgan fingerprint density at radius 3 is 2.48 bits per heavy atom. The molecule has 0 atom stereocenters. The highest BCUT2D eigenvalue weighted by atomic mass is 19.1. The number of anilines is 2. The van der Waals surface area contributed by atoms with Gasteiger partial charge in [-0.15, -0.1) is 0 Å². The van der Waals surface area contributed by atoms with Crippen molar-refractivity contribution in [3.63, 3.8) is 0 Å². The number of nitrogens with one attached hydrogen (secondary N) is 2. The van der Waals surface area contributed by atoms with Gasteiger partial charge in [-0.1, -0.05) is 12.1 Å². The van der Waals surface area contributed by atoms with Crippen molar-refractivity contribution in [2.45, 2.75) is 45.7 Å². The van der Waals surface area contributed by atoms with Crippen LogP contribution in [-0.2, 0) is 11.3 Å². The van der Waals surface area contributed by atoms with E-state index in [0.717, 1.165) is 18.7 Å². The number of aryl methyl sites for hydroxylation is 1. The Morgan fingerprint density at radius 2 is 1.86 bits per heavy atom. The zero-order valence-corrected chi connectivity index (χ0v) is 17.2. The molecule has 2 N–H and O–H groups in total. The van der Waals surface area contributed by atoms with Crippen molar-refractivity contribution >= 4 is 23.0 Å². The van der Waals surface area contributed by atoms with Crippen LogP contribution >= 0.6 is 0 Å². The quantitative estimate of drug-likeness (QED) is 0.670. The van der Waals surface area contributed by atoms with Crippen LogP contribution in [0.15, 0.2) is 36.4 Å². The van der Waals surface area contributed by atoms with E-state index in [-0.39, 0.29) is 11.7 Å². The molecule has 2 aromatic carbocycles. The fraction of sp³-hybridized carbons (Fsp3) is 0.391. The Hall–Kier alpha value is -2.91. The van der Waals surface area contributed by atoms with E-state index in [2.05, 4.69) is 20.4 Å². The van der Waals surface area contributed by atoms with E-state index in [1.54, 1.807) is 38.1 Å². The lowest BCUT2D eigenvalue weighted by molar-refractivity contribution is -0.119. The minimum atomic E-state index is -0.949. The fourth-order valence-electron chi connectivity index (χ4n) is 3.50. The van der Waals surface area contributed by atoms with E-state index in [9.17, 15) is 9.18 Å². The van der Waals surface area contributed by atoms with Gasteiger partial charge in [-0.05, 0) is 76.5 Å². The molecule has 5 nitrogen and oxygen atoms in total. The summed E-state index contributed by atoms with van der Waals surface area (Å²) < 4.78 is 14.6. The van der Waals surface area contributed by atoms with Crippen molar-refractivity contribution in [1.82, 2.24) is 4.90 Å².